The molecule has 0 saturated carbocycles. The molecule has 2 heterocycles. The van der Waals surface area contributed by atoms with Gasteiger partial charge in [0.15, 0.2) is 5.16 Å². The van der Waals surface area contributed by atoms with Gasteiger partial charge in [-0.1, -0.05) is 23.4 Å². The zero-order valence-electron chi connectivity index (χ0n) is 14.6. The van der Waals surface area contributed by atoms with E-state index in [1.165, 1.54) is 4.57 Å². The minimum atomic E-state index is -0.928. The largest absolute Gasteiger partial charge is 0.376 e. The van der Waals surface area contributed by atoms with E-state index in [1.807, 2.05) is 5.32 Å². The van der Waals surface area contributed by atoms with Crippen LogP contribution in [0.2, 0.25) is 5.02 Å². The fourth-order valence-electron chi connectivity index (χ4n) is 2.85. The van der Waals surface area contributed by atoms with Crippen molar-refractivity contribution in [3.05, 3.63) is 33.6 Å². The Hall–Kier alpha value is -2.10. The number of ether oxygens (including phenoxy) is 1. The second-order valence-corrected chi connectivity index (χ2v) is 7.96. The number of imide groups is 1. The molecule has 0 radical (unpaired) electrons. The van der Waals surface area contributed by atoms with Gasteiger partial charge < -0.3 is 10.5 Å². The van der Waals surface area contributed by atoms with E-state index in [2.05, 4.69) is 4.98 Å². The third kappa shape index (κ3) is 4.60. The summed E-state index contributed by atoms with van der Waals surface area (Å²) in [4.78, 5) is 40.5. The van der Waals surface area contributed by atoms with Crippen molar-refractivity contribution in [3.63, 3.8) is 0 Å². The Morgan fingerprint density at radius 3 is 2.96 bits per heavy atom. The summed E-state index contributed by atoms with van der Waals surface area (Å²) in [6.07, 6.45) is 1.71. The number of nitrogens with zero attached hydrogens (tertiary/aromatic N) is 2. The number of thioether (sulfide) groups is 1. The second-order valence-electron chi connectivity index (χ2n) is 6.22. The van der Waals surface area contributed by atoms with Crippen molar-refractivity contribution in [1.29, 1.82) is 0 Å². The molecular formula is C17H19ClN4O4S. The van der Waals surface area contributed by atoms with Crippen molar-refractivity contribution in [2.45, 2.75) is 42.8 Å². The first-order chi connectivity index (χ1) is 12.8. The van der Waals surface area contributed by atoms with Crippen LogP contribution in [-0.4, -0.2) is 39.5 Å². The number of carbonyl (C=O) groups is 2. The molecule has 1 aliphatic heterocycles. The zero-order valence-corrected chi connectivity index (χ0v) is 16.2. The minimum Gasteiger partial charge on any atom is -0.376 e. The second kappa shape index (κ2) is 8.28. The summed E-state index contributed by atoms with van der Waals surface area (Å²) in [6.45, 7) is 2.61. The number of amides is 3. The highest BCUT2D eigenvalue weighted by Crippen LogP contribution is 2.25. The Bertz CT molecular complexity index is 942. The fourth-order valence-corrected chi connectivity index (χ4v) is 3.94. The predicted octanol–water partition coefficient (Wildman–Crippen LogP) is 1.90. The number of nitrogens with one attached hydrogen (secondary N) is 1. The third-order valence-electron chi connectivity index (χ3n) is 4.19. The van der Waals surface area contributed by atoms with Crippen LogP contribution in [0, 0.1) is 0 Å². The molecular weight excluding hydrogens is 392 g/mol. The lowest BCUT2D eigenvalue weighted by Crippen LogP contribution is -2.39. The SMILES string of the molecule is C[C@@H](Sc1nc2cc(Cl)ccc2c(=O)n1C[C@H]1CCCO1)C(=O)NC(N)=O. The van der Waals surface area contributed by atoms with E-state index >= 15 is 0 Å². The molecule has 2 atom stereocenters. The molecule has 144 valence electrons. The number of primary amides is 1. The molecule has 2 aromatic rings. The van der Waals surface area contributed by atoms with Crippen LogP contribution in [0.3, 0.4) is 0 Å². The smallest absolute Gasteiger partial charge is 0.318 e. The van der Waals surface area contributed by atoms with Crippen molar-refractivity contribution in [2.75, 3.05) is 6.61 Å². The maximum Gasteiger partial charge on any atom is 0.318 e. The lowest BCUT2D eigenvalue weighted by atomic mass is 10.2. The maximum absolute atomic E-state index is 13.0. The molecule has 1 aromatic carbocycles. The van der Waals surface area contributed by atoms with Crippen LogP contribution in [0.25, 0.3) is 10.9 Å². The van der Waals surface area contributed by atoms with Gasteiger partial charge in [0.25, 0.3) is 5.56 Å². The quantitative estimate of drug-likeness (QED) is 0.574. The summed E-state index contributed by atoms with van der Waals surface area (Å²) in [5.41, 5.74) is 5.22. The molecule has 10 heteroatoms. The van der Waals surface area contributed by atoms with Gasteiger partial charge in [0.05, 0.1) is 28.8 Å². The Kier molecular flexibility index (Phi) is 6.03. The van der Waals surface area contributed by atoms with E-state index < -0.39 is 17.2 Å². The van der Waals surface area contributed by atoms with Crippen molar-refractivity contribution in [2.24, 2.45) is 5.73 Å². The van der Waals surface area contributed by atoms with Gasteiger partial charge in [-0.15, -0.1) is 0 Å². The van der Waals surface area contributed by atoms with Crippen LogP contribution in [0.15, 0.2) is 28.2 Å². The van der Waals surface area contributed by atoms with Gasteiger partial charge >= 0.3 is 6.03 Å². The monoisotopic (exact) mass is 410 g/mol. The van der Waals surface area contributed by atoms with Gasteiger partial charge in [-0.05, 0) is 38.0 Å². The maximum atomic E-state index is 13.0. The van der Waals surface area contributed by atoms with Gasteiger partial charge in [0.1, 0.15) is 0 Å². The van der Waals surface area contributed by atoms with Crippen molar-refractivity contribution in [1.82, 2.24) is 14.9 Å². The number of benzene rings is 1. The van der Waals surface area contributed by atoms with E-state index in [0.29, 0.717) is 34.2 Å². The molecule has 0 aliphatic carbocycles. The van der Waals surface area contributed by atoms with Crippen LogP contribution >= 0.6 is 23.4 Å². The first-order valence-corrected chi connectivity index (χ1v) is 9.69. The molecule has 8 nitrogen and oxygen atoms in total. The lowest BCUT2D eigenvalue weighted by molar-refractivity contribution is -0.119. The lowest BCUT2D eigenvalue weighted by Gasteiger charge is -2.18. The Balaban J connectivity index is 2.00. The summed E-state index contributed by atoms with van der Waals surface area (Å²) in [5.74, 6) is -0.559. The first-order valence-electron chi connectivity index (χ1n) is 8.44. The van der Waals surface area contributed by atoms with E-state index in [4.69, 9.17) is 22.1 Å². The summed E-state index contributed by atoms with van der Waals surface area (Å²) < 4.78 is 7.16. The minimum absolute atomic E-state index is 0.0802. The molecule has 1 aromatic heterocycles. The average Bonchev–Trinajstić information content (AvgIpc) is 3.10. The summed E-state index contributed by atoms with van der Waals surface area (Å²) >= 11 is 7.09. The fraction of sp³-hybridized carbons (Fsp3) is 0.412. The molecule has 3 rings (SSSR count). The van der Waals surface area contributed by atoms with Crippen LogP contribution in [-0.2, 0) is 16.1 Å². The van der Waals surface area contributed by atoms with Crippen LogP contribution in [0.5, 0.6) is 0 Å². The third-order valence-corrected chi connectivity index (χ3v) is 5.52. The number of fused-ring (bicyclic) bond motifs is 1. The zero-order chi connectivity index (χ0) is 19.6. The number of carbonyl (C=O) groups excluding carboxylic acids is 2. The highest BCUT2D eigenvalue weighted by molar-refractivity contribution is 8.00. The normalized spacial score (nSPS) is 17.8. The van der Waals surface area contributed by atoms with Crippen molar-refractivity contribution in [3.8, 4) is 0 Å². The van der Waals surface area contributed by atoms with Gasteiger partial charge in [-0.25, -0.2) is 9.78 Å². The molecule has 3 amide bonds. The van der Waals surface area contributed by atoms with Crippen LogP contribution in [0.4, 0.5) is 4.79 Å². The van der Waals surface area contributed by atoms with Gasteiger partial charge in [-0.2, -0.15) is 0 Å². The van der Waals surface area contributed by atoms with Gasteiger partial charge in [0, 0.05) is 11.6 Å². The van der Waals surface area contributed by atoms with E-state index in [-0.39, 0.29) is 11.7 Å². The Labute approximate surface area is 164 Å². The molecule has 1 fully saturated rings. The van der Waals surface area contributed by atoms with Gasteiger partial charge in [0.2, 0.25) is 5.91 Å². The molecule has 0 spiro atoms. The molecule has 27 heavy (non-hydrogen) atoms. The summed E-state index contributed by atoms with van der Waals surface area (Å²) in [7, 11) is 0. The van der Waals surface area contributed by atoms with Crippen LogP contribution < -0.4 is 16.6 Å². The topological polar surface area (TPSA) is 116 Å². The number of urea groups is 1. The van der Waals surface area contributed by atoms with E-state index in [1.54, 1.807) is 25.1 Å². The Morgan fingerprint density at radius 1 is 1.52 bits per heavy atom. The van der Waals surface area contributed by atoms with E-state index in [0.717, 1.165) is 24.6 Å². The van der Waals surface area contributed by atoms with Crippen molar-refractivity contribution >= 4 is 46.2 Å². The number of rotatable bonds is 5. The van der Waals surface area contributed by atoms with Crippen molar-refractivity contribution < 1.29 is 14.3 Å². The summed E-state index contributed by atoms with van der Waals surface area (Å²) in [5, 5.41) is 2.61. The average molecular weight is 411 g/mol. The molecule has 1 aliphatic rings. The van der Waals surface area contributed by atoms with E-state index in [9.17, 15) is 14.4 Å². The Morgan fingerprint density at radius 2 is 2.30 bits per heavy atom. The molecule has 3 N–H and O–H groups in total. The number of nitrogens with two attached hydrogens (primary N) is 1. The summed E-state index contributed by atoms with van der Waals surface area (Å²) in [6, 6.07) is 3.95. The number of hydrogen-bond donors (Lipinski definition) is 2. The number of aromatic nitrogens is 2. The molecule has 0 unspecified atom stereocenters. The number of halogens is 1. The standard InChI is InChI=1S/C17H19ClN4O4S/c1-9(14(23)21-16(19)25)27-17-20-13-7-10(18)4-5-12(13)15(24)22(17)8-11-3-2-6-26-11/h4-5,7,9,11H,2-3,6,8H2,1H3,(H3,19,21,23,25)/t9-,11-/m1/s1. The highest BCUT2D eigenvalue weighted by atomic mass is 35.5. The first kappa shape index (κ1) is 19.7. The molecule has 0 bridgehead atoms. The highest BCUT2D eigenvalue weighted by Gasteiger charge is 2.23. The molecule has 1 saturated heterocycles. The van der Waals surface area contributed by atoms with Crippen LogP contribution in [0.1, 0.15) is 19.8 Å². The number of hydrogen-bond acceptors (Lipinski definition) is 6. The predicted molar refractivity (Wildman–Crippen MR) is 103 cm³/mol. The van der Waals surface area contributed by atoms with Gasteiger partial charge in [-0.3, -0.25) is 19.5 Å².